The van der Waals surface area contributed by atoms with Gasteiger partial charge in [0.05, 0.1) is 18.2 Å². The van der Waals surface area contributed by atoms with Gasteiger partial charge in [0.15, 0.2) is 0 Å². The zero-order valence-corrected chi connectivity index (χ0v) is 13.7. The maximum absolute atomic E-state index is 12.7. The SMILES string of the molecule is N#Cc1cccc(NC(=O)N2CCCc3c([nH]c4ccccc34)C2)c1. The third-order valence-electron chi connectivity index (χ3n) is 4.64. The van der Waals surface area contributed by atoms with E-state index in [0.717, 1.165) is 24.1 Å². The molecule has 0 radical (unpaired) electrons. The van der Waals surface area contributed by atoms with Crippen LogP contribution in [0.2, 0.25) is 0 Å². The van der Waals surface area contributed by atoms with Crippen molar-refractivity contribution < 1.29 is 4.79 Å². The Balaban J connectivity index is 1.56. The Morgan fingerprint density at radius 2 is 2.08 bits per heavy atom. The van der Waals surface area contributed by atoms with Crippen LogP contribution in [0.25, 0.3) is 10.9 Å². The lowest BCUT2D eigenvalue weighted by Crippen LogP contribution is -2.34. The van der Waals surface area contributed by atoms with Crippen molar-refractivity contribution in [3.8, 4) is 6.07 Å². The highest BCUT2D eigenvalue weighted by Gasteiger charge is 2.22. The number of aryl methyl sites for hydroxylation is 1. The van der Waals surface area contributed by atoms with Crippen molar-refractivity contribution in [2.45, 2.75) is 19.4 Å². The van der Waals surface area contributed by atoms with Gasteiger partial charge in [-0.3, -0.25) is 0 Å². The van der Waals surface area contributed by atoms with Crippen LogP contribution in [0.3, 0.4) is 0 Å². The van der Waals surface area contributed by atoms with E-state index < -0.39 is 0 Å². The van der Waals surface area contributed by atoms with E-state index in [9.17, 15) is 4.79 Å². The van der Waals surface area contributed by atoms with Crippen LogP contribution < -0.4 is 5.32 Å². The van der Waals surface area contributed by atoms with Gasteiger partial charge >= 0.3 is 6.03 Å². The molecule has 1 aliphatic heterocycles. The normalized spacial score (nSPS) is 13.8. The molecule has 0 saturated heterocycles. The van der Waals surface area contributed by atoms with Gasteiger partial charge in [-0.1, -0.05) is 24.3 Å². The number of carbonyl (C=O) groups excluding carboxylic acids is 1. The first-order chi connectivity index (χ1) is 12.2. The van der Waals surface area contributed by atoms with Crippen molar-refractivity contribution in [2.75, 3.05) is 11.9 Å². The number of nitriles is 1. The number of para-hydroxylation sites is 1. The minimum absolute atomic E-state index is 0.137. The van der Waals surface area contributed by atoms with Gasteiger partial charge < -0.3 is 15.2 Å². The molecule has 2 aromatic carbocycles. The summed E-state index contributed by atoms with van der Waals surface area (Å²) >= 11 is 0. The second-order valence-corrected chi connectivity index (χ2v) is 6.28. The molecule has 0 saturated carbocycles. The number of urea groups is 1. The van der Waals surface area contributed by atoms with Gasteiger partial charge in [-0.05, 0) is 42.7 Å². The summed E-state index contributed by atoms with van der Waals surface area (Å²) in [5, 5.41) is 13.1. The van der Waals surface area contributed by atoms with Crippen LogP contribution >= 0.6 is 0 Å². The number of hydrogen-bond acceptors (Lipinski definition) is 2. The third-order valence-corrected chi connectivity index (χ3v) is 4.64. The highest BCUT2D eigenvalue weighted by molar-refractivity contribution is 5.90. The Kier molecular flexibility index (Phi) is 3.87. The van der Waals surface area contributed by atoms with Crippen molar-refractivity contribution in [1.82, 2.24) is 9.88 Å². The summed E-state index contributed by atoms with van der Waals surface area (Å²) in [5.74, 6) is 0. The zero-order valence-electron chi connectivity index (χ0n) is 13.7. The number of carbonyl (C=O) groups is 1. The van der Waals surface area contributed by atoms with E-state index in [2.05, 4.69) is 28.5 Å². The minimum Gasteiger partial charge on any atom is -0.357 e. The molecular formula is C20H18N4O. The van der Waals surface area contributed by atoms with Gasteiger partial charge in [0.25, 0.3) is 0 Å². The highest BCUT2D eigenvalue weighted by atomic mass is 16.2. The first-order valence-corrected chi connectivity index (χ1v) is 8.39. The fourth-order valence-electron chi connectivity index (χ4n) is 3.44. The van der Waals surface area contributed by atoms with Crippen LogP contribution in [0, 0.1) is 11.3 Å². The standard InChI is InChI=1S/C20H18N4O/c21-12-14-5-3-6-15(11-14)22-20(25)24-10-4-8-17-16-7-1-2-9-18(16)23-19(17)13-24/h1-3,5-7,9,11,23H,4,8,10,13H2,(H,22,25). The van der Waals surface area contributed by atoms with Gasteiger partial charge in [-0.2, -0.15) is 5.26 Å². The molecule has 0 bridgehead atoms. The molecular weight excluding hydrogens is 312 g/mol. The van der Waals surface area contributed by atoms with E-state index in [0.29, 0.717) is 24.3 Å². The van der Waals surface area contributed by atoms with Crippen LogP contribution in [-0.2, 0) is 13.0 Å². The lowest BCUT2D eigenvalue weighted by Gasteiger charge is -2.21. The number of benzene rings is 2. The fourth-order valence-corrected chi connectivity index (χ4v) is 3.44. The molecule has 5 nitrogen and oxygen atoms in total. The fraction of sp³-hybridized carbons (Fsp3) is 0.200. The maximum atomic E-state index is 12.7. The molecule has 5 heteroatoms. The number of H-pyrrole nitrogens is 1. The molecule has 0 spiro atoms. The van der Waals surface area contributed by atoms with Crippen LogP contribution in [0.15, 0.2) is 48.5 Å². The van der Waals surface area contributed by atoms with Crippen molar-refractivity contribution >= 4 is 22.6 Å². The Morgan fingerprint density at radius 1 is 1.20 bits per heavy atom. The first-order valence-electron chi connectivity index (χ1n) is 8.39. The third kappa shape index (κ3) is 2.94. The predicted octanol–water partition coefficient (Wildman–Crippen LogP) is 4.02. The number of fused-ring (bicyclic) bond motifs is 3. The summed E-state index contributed by atoms with van der Waals surface area (Å²) in [6.45, 7) is 1.27. The van der Waals surface area contributed by atoms with Crippen LogP contribution in [0.4, 0.5) is 10.5 Å². The molecule has 2 N–H and O–H groups in total. The number of amides is 2. The molecule has 4 rings (SSSR count). The summed E-state index contributed by atoms with van der Waals surface area (Å²) in [6, 6.07) is 17.2. The number of aromatic nitrogens is 1. The topological polar surface area (TPSA) is 71.9 Å². The molecule has 0 fully saturated rings. The van der Waals surface area contributed by atoms with Crippen molar-refractivity contribution in [2.24, 2.45) is 0 Å². The average molecular weight is 330 g/mol. The summed E-state index contributed by atoms with van der Waals surface area (Å²) in [4.78, 5) is 17.9. The minimum atomic E-state index is -0.137. The average Bonchev–Trinajstić information content (AvgIpc) is 2.84. The van der Waals surface area contributed by atoms with E-state index in [1.165, 1.54) is 10.9 Å². The summed E-state index contributed by atoms with van der Waals surface area (Å²) in [5.41, 5.74) is 4.73. The van der Waals surface area contributed by atoms with Gasteiger partial charge in [0.2, 0.25) is 0 Å². The molecule has 0 atom stereocenters. The second-order valence-electron chi connectivity index (χ2n) is 6.28. The smallest absolute Gasteiger partial charge is 0.322 e. The Bertz CT molecular complexity index is 983. The van der Waals surface area contributed by atoms with Gasteiger partial charge in [0.1, 0.15) is 0 Å². The van der Waals surface area contributed by atoms with Crippen molar-refractivity contribution in [3.05, 3.63) is 65.4 Å². The first kappa shape index (κ1) is 15.3. The van der Waals surface area contributed by atoms with Gasteiger partial charge in [-0.15, -0.1) is 0 Å². The molecule has 0 unspecified atom stereocenters. The van der Waals surface area contributed by atoms with Crippen molar-refractivity contribution in [1.29, 1.82) is 5.26 Å². The molecule has 124 valence electrons. The van der Waals surface area contributed by atoms with E-state index in [1.54, 1.807) is 24.3 Å². The monoisotopic (exact) mass is 330 g/mol. The van der Waals surface area contributed by atoms with E-state index in [-0.39, 0.29) is 6.03 Å². The Hall–Kier alpha value is -3.26. The molecule has 1 aliphatic rings. The maximum Gasteiger partial charge on any atom is 0.322 e. The molecule has 1 aromatic heterocycles. The molecule has 2 heterocycles. The lowest BCUT2D eigenvalue weighted by atomic mass is 10.1. The molecule has 0 aliphatic carbocycles. The predicted molar refractivity (Wildman–Crippen MR) is 97.2 cm³/mol. The summed E-state index contributed by atoms with van der Waals surface area (Å²) in [7, 11) is 0. The Labute approximate surface area is 145 Å². The number of rotatable bonds is 1. The van der Waals surface area contributed by atoms with Gasteiger partial charge in [0, 0.05) is 28.8 Å². The number of anilines is 1. The zero-order chi connectivity index (χ0) is 17.2. The largest absolute Gasteiger partial charge is 0.357 e. The molecule has 3 aromatic rings. The number of hydrogen-bond donors (Lipinski definition) is 2. The molecule has 2 amide bonds. The second kappa shape index (κ2) is 6.33. The van der Waals surface area contributed by atoms with Crippen LogP contribution in [0.5, 0.6) is 0 Å². The van der Waals surface area contributed by atoms with E-state index >= 15 is 0 Å². The summed E-state index contributed by atoms with van der Waals surface area (Å²) in [6.07, 6.45) is 1.90. The number of nitrogens with one attached hydrogen (secondary N) is 2. The van der Waals surface area contributed by atoms with Crippen molar-refractivity contribution in [3.63, 3.8) is 0 Å². The van der Waals surface area contributed by atoms with E-state index in [1.807, 2.05) is 17.0 Å². The highest BCUT2D eigenvalue weighted by Crippen LogP contribution is 2.27. The Morgan fingerprint density at radius 3 is 2.96 bits per heavy atom. The quantitative estimate of drug-likeness (QED) is 0.707. The van der Waals surface area contributed by atoms with Crippen LogP contribution in [-0.4, -0.2) is 22.5 Å². The number of nitrogens with zero attached hydrogens (tertiary/aromatic N) is 2. The molecule has 25 heavy (non-hydrogen) atoms. The van der Waals surface area contributed by atoms with Gasteiger partial charge in [-0.25, -0.2) is 4.79 Å². The number of aromatic amines is 1. The van der Waals surface area contributed by atoms with Crippen LogP contribution in [0.1, 0.15) is 23.2 Å². The summed E-state index contributed by atoms with van der Waals surface area (Å²) < 4.78 is 0. The lowest BCUT2D eigenvalue weighted by molar-refractivity contribution is 0.209. The van der Waals surface area contributed by atoms with E-state index in [4.69, 9.17) is 5.26 Å².